The maximum atomic E-state index is 11.6. The average Bonchev–Trinajstić information content (AvgIpc) is 3.12. The Bertz CT molecular complexity index is 2480. The number of phenols is 1. The van der Waals surface area contributed by atoms with Gasteiger partial charge in [0, 0.05) is 45.7 Å². The molecule has 0 amide bonds. The highest BCUT2D eigenvalue weighted by atomic mass is 32.2. The van der Waals surface area contributed by atoms with Crippen molar-refractivity contribution in [1.29, 1.82) is 0 Å². The molecule has 0 unspecified atom stereocenters. The van der Waals surface area contributed by atoms with E-state index in [0.29, 0.717) is 36.2 Å². The van der Waals surface area contributed by atoms with Gasteiger partial charge in [-0.3, -0.25) is 13.9 Å². The minimum Gasteiger partial charge on any atom is -0.506 e. The number of rotatable bonds is 13. The summed E-state index contributed by atoms with van der Waals surface area (Å²) in [5, 5.41) is 28.0. The molecule has 16 heteroatoms. The number of aromatic hydroxyl groups is 1. The van der Waals surface area contributed by atoms with E-state index in [0.717, 1.165) is 35.7 Å². The lowest BCUT2D eigenvalue weighted by Gasteiger charge is -2.19. The van der Waals surface area contributed by atoms with Crippen molar-refractivity contribution in [3.63, 3.8) is 0 Å². The number of benzene rings is 5. The van der Waals surface area contributed by atoms with Crippen LogP contribution in [0.3, 0.4) is 0 Å². The molecular formula is C39H42N4O10S2. The first-order valence-corrected chi connectivity index (χ1v) is 19.9. The van der Waals surface area contributed by atoms with Gasteiger partial charge in [0.05, 0.1) is 11.6 Å². The largest absolute Gasteiger partial charge is 0.506 e. The van der Waals surface area contributed by atoms with Crippen LogP contribution >= 0.6 is 0 Å². The Hall–Kier alpha value is -5.33. The fraction of sp³-hybridized carbons (Fsp3) is 0.205. The van der Waals surface area contributed by atoms with Crippen molar-refractivity contribution in [2.24, 2.45) is 5.73 Å². The second kappa shape index (κ2) is 17.0. The van der Waals surface area contributed by atoms with Crippen LogP contribution in [0.5, 0.6) is 11.5 Å². The summed E-state index contributed by atoms with van der Waals surface area (Å²) in [4.78, 5) is 13.4. The summed E-state index contributed by atoms with van der Waals surface area (Å²) in [6.45, 7) is 5.34. The Morgan fingerprint density at radius 1 is 0.764 bits per heavy atom. The molecule has 0 aliphatic heterocycles. The van der Waals surface area contributed by atoms with E-state index >= 15 is 0 Å². The monoisotopic (exact) mass is 790 g/mol. The highest BCUT2D eigenvalue weighted by Gasteiger charge is 2.19. The number of fused-ring (bicyclic) bond motifs is 2. The first-order chi connectivity index (χ1) is 25.9. The normalized spacial score (nSPS) is 12.5. The Kier molecular flexibility index (Phi) is 12.6. The Labute approximate surface area is 318 Å². The van der Waals surface area contributed by atoms with Crippen molar-refractivity contribution in [3.05, 3.63) is 131 Å². The zero-order chi connectivity index (χ0) is 40.0. The third kappa shape index (κ3) is 11.1. The van der Waals surface area contributed by atoms with Crippen LogP contribution in [0.25, 0.3) is 21.7 Å². The number of aliphatic hydroxyl groups is 1. The van der Waals surface area contributed by atoms with Gasteiger partial charge in [-0.05, 0) is 98.6 Å². The van der Waals surface area contributed by atoms with E-state index in [1.807, 2.05) is 50.2 Å². The Morgan fingerprint density at radius 2 is 1.33 bits per heavy atom. The van der Waals surface area contributed by atoms with Crippen molar-refractivity contribution in [3.8, 4) is 11.5 Å². The van der Waals surface area contributed by atoms with Crippen LogP contribution < -0.4 is 26.7 Å². The standard InChI is InChI=1S/C29H34N4O4.C10H8O6S2/c1-29(2,30)18-37-22-9-7-21(8-10-22)32-20-5-3-19(4-6-20)15-16-31-17-26(35)23-11-13-25(34)28-24(23)12-14-27(36)33-28;11-17(12,13)9-5-1-3-7-8(9)4-2-6-10(7)18(14,15)16/h3-14,26,31-32,34-35H,15-18,30H2,1-2H3,(H,33,36);1-6H,(H,11,12,13)(H,14,15,16)/t26-;/m0./s1. The molecule has 0 bridgehead atoms. The molecule has 55 heavy (non-hydrogen) atoms. The van der Waals surface area contributed by atoms with Crippen LogP contribution in [0.4, 0.5) is 11.4 Å². The highest BCUT2D eigenvalue weighted by Crippen LogP contribution is 2.30. The lowest BCUT2D eigenvalue weighted by Crippen LogP contribution is -2.38. The molecule has 0 fully saturated rings. The lowest BCUT2D eigenvalue weighted by atomic mass is 10.0. The zero-order valence-corrected chi connectivity index (χ0v) is 31.6. The van der Waals surface area contributed by atoms with Crippen LogP contribution in [0.15, 0.2) is 124 Å². The smallest absolute Gasteiger partial charge is 0.295 e. The summed E-state index contributed by atoms with van der Waals surface area (Å²) in [6.07, 6.45) is 0.0272. The van der Waals surface area contributed by atoms with Crippen molar-refractivity contribution in [2.75, 3.05) is 25.0 Å². The molecule has 14 nitrogen and oxygen atoms in total. The molecular weight excluding hydrogens is 749 g/mol. The van der Waals surface area contributed by atoms with Gasteiger partial charge in [-0.25, -0.2) is 0 Å². The number of nitrogens with two attached hydrogens (primary N) is 1. The fourth-order valence-corrected chi connectivity index (χ4v) is 7.07. The van der Waals surface area contributed by atoms with Crippen LogP contribution in [0.1, 0.15) is 31.1 Å². The second-order valence-corrected chi connectivity index (χ2v) is 16.2. The third-order valence-electron chi connectivity index (χ3n) is 8.30. The van der Waals surface area contributed by atoms with Crippen molar-refractivity contribution < 1.29 is 40.9 Å². The second-order valence-electron chi connectivity index (χ2n) is 13.4. The molecule has 0 aliphatic rings. The minimum absolute atomic E-state index is 0.0211. The zero-order valence-electron chi connectivity index (χ0n) is 29.9. The average molecular weight is 791 g/mol. The van der Waals surface area contributed by atoms with Crippen LogP contribution in [0.2, 0.25) is 0 Å². The van der Waals surface area contributed by atoms with E-state index in [-0.39, 0.29) is 27.6 Å². The molecule has 0 saturated heterocycles. The number of nitrogens with one attached hydrogen (secondary N) is 3. The number of aromatic nitrogens is 1. The van der Waals surface area contributed by atoms with Gasteiger partial charge in [-0.2, -0.15) is 16.8 Å². The van der Waals surface area contributed by atoms with Crippen LogP contribution in [0, 0.1) is 0 Å². The number of aliphatic hydroxyl groups excluding tert-OH is 1. The molecule has 6 rings (SSSR count). The molecule has 0 aliphatic carbocycles. The third-order valence-corrected chi connectivity index (χ3v) is 10.1. The summed E-state index contributed by atoms with van der Waals surface area (Å²) in [5.74, 6) is 0.762. The molecule has 9 N–H and O–H groups in total. The van der Waals surface area contributed by atoms with Gasteiger partial charge in [-0.15, -0.1) is 0 Å². The molecule has 1 aromatic heterocycles. The lowest BCUT2D eigenvalue weighted by molar-refractivity contribution is 0.176. The fourth-order valence-electron chi connectivity index (χ4n) is 5.66. The van der Waals surface area contributed by atoms with Crippen LogP contribution in [-0.2, 0) is 26.7 Å². The maximum Gasteiger partial charge on any atom is 0.295 e. The topological polar surface area (TPSA) is 241 Å². The quantitative estimate of drug-likeness (QED) is 0.0549. The molecule has 5 aromatic carbocycles. The maximum absolute atomic E-state index is 11.6. The highest BCUT2D eigenvalue weighted by molar-refractivity contribution is 7.86. The van der Waals surface area contributed by atoms with Gasteiger partial charge in [0.15, 0.2) is 0 Å². The first kappa shape index (κ1) is 40.8. The van der Waals surface area contributed by atoms with E-state index in [1.165, 1.54) is 42.0 Å². The number of hydrogen-bond donors (Lipinski definition) is 8. The number of anilines is 2. The first-order valence-electron chi connectivity index (χ1n) is 17.0. The number of aromatic amines is 1. The van der Waals surface area contributed by atoms with Gasteiger partial charge in [-0.1, -0.05) is 42.5 Å². The molecule has 0 spiro atoms. The SMILES string of the molecule is CC(C)(N)COc1ccc(Nc2ccc(CCNC[C@H](O)c3ccc(O)c4[nH]c(=O)ccc34)cc2)cc1.O=S(=O)(O)c1cccc2c(S(=O)(=O)O)cccc12. The Morgan fingerprint density at radius 3 is 1.87 bits per heavy atom. The molecule has 1 atom stereocenters. The van der Waals surface area contributed by atoms with Gasteiger partial charge in [0.1, 0.15) is 27.9 Å². The molecule has 290 valence electrons. The number of ether oxygens (including phenoxy) is 1. The summed E-state index contributed by atoms with van der Waals surface area (Å²) < 4.78 is 68.4. The van der Waals surface area contributed by atoms with E-state index in [1.54, 1.807) is 12.1 Å². The summed E-state index contributed by atoms with van der Waals surface area (Å²) >= 11 is 0. The molecule has 0 radical (unpaired) electrons. The van der Waals surface area contributed by atoms with E-state index in [4.69, 9.17) is 19.6 Å². The van der Waals surface area contributed by atoms with Crippen molar-refractivity contribution in [1.82, 2.24) is 10.3 Å². The van der Waals surface area contributed by atoms with Crippen molar-refractivity contribution in [2.45, 2.75) is 41.7 Å². The number of phenolic OH excluding ortho intramolecular Hbond substituents is 1. The predicted molar refractivity (Wildman–Crippen MR) is 211 cm³/mol. The minimum atomic E-state index is -4.47. The number of pyridine rings is 1. The van der Waals surface area contributed by atoms with E-state index in [9.17, 15) is 31.8 Å². The molecule has 0 saturated carbocycles. The van der Waals surface area contributed by atoms with Gasteiger partial charge in [0.25, 0.3) is 20.2 Å². The summed E-state index contributed by atoms with van der Waals surface area (Å²) in [5.41, 5.74) is 9.39. The number of H-pyrrole nitrogens is 1. The van der Waals surface area contributed by atoms with E-state index in [2.05, 4.69) is 27.8 Å². The van der Waals surface area contributed by atoms with Crippen molar-refractivity contribution >= 4 is 53.3 Å². The van der Waals surface area contributed by atoms with Gasteiger partial charge < -0.3 is 36.3 Å². The predicted octanol–water partition coefficient (Wildman–Crippen LogP) is 5.29. The molecule has 1 heterocycles. The van der Waals surface area contributed by atoms with E-state index < -0.39 is 36.1 Å². The number of hydrogen-bond acceptors (Lipinski definition) is 11. The van der Waals surface area contributed by atoms with Gasteiger partial charge >= 0.3 is 0 Å². The molecule has 6 aromatic rings. The summed E-state index contributed by atoms with van der Waals surface area (Å²) in [7, 11) is -8.94. The van der Waals surface area contributed by atoms with Gasteiger partial charge in [0.2, 0.25) is 5.56 Å². The summed E-state index contributed by atoms with van der Waals surface area (Å²) in [6, 6.07) is 29.7. The Balaban J connectivity index is 0.000000269. The van der Waals surface area contributed by atoms with Crippen LogP contribution in [-0.4, -0.2) is 66.4 Å².